The van der Waals surface area contributed by atoms with E-state index in [0.717, 1.165) is 11.1 Å². The molecule has 1 amide bonds. The fourth-order valence-corrected chi connectivity index (χ4v) is 2.94. The van der Waals surface area contributed by atoms with Crippen LogP contribution in [-0.4, -0.2) is 18.5 Å². The number of carbonyl (C=O) groups excluding carboxylic acids is 2. The predicted molar refractivity (Wildman–Crippen MR) is 91.6 cm³/mol. The number of ether oxygens (including phenoxy) is 1. The monoisotopic (exact) mass is 351 g/mol. The van der Waals surface area contributed by atoms with E-state index in [1.165, 1.54) is 0 Å². The summed E-state index contributed by atoms with van der Waals surface area (Å²) < 4.78 is 4.99. The van der Waals surface area contributed by atoms with Crippen LogP contribution < -0.4 is 5.32 Å². The van der Waals surface area contributed by atoms with Crippen LogP contribution >= 0.6 is 22.9 Å². The minimum Gasteiger partial charge on any atom is -0.456 e. The number of hydrogen-bond acceptors (Lipinski definition) is 4. The van der Waals surface area contributed by atoms with Crippen molar-refractivity contribution < 1.29 is 14.3 Å². The zero-order valence-electron chi connectivity index (χ0n) is 12.8. The first-order valence-corrected chi connectivity index (χ1v) is 8.58. The van der Waals surface area contributed by atoms with E-state index >= 15 is 0 Å². The highest BCUT2D eigenvalue weighted by molar-refractivity contribution is 7.07. The van der Waals surface area contributed by atoms with Gasteiger partial charge < -0.3 is 10.1 Å². The molecule has 0 fully saturated rings. The second-order valence-electron chi connectivity index (χ2n) is 5.14. The summed E-state index contributed by atoms with van der Waals surface area (Å²) in [6.07, 6.45) is 0.900. The van der Waals surface area contributed by atoms with Crippen LogP contribution in [-0.2, 0) is 20.7 Å². The van der Waals surface area contributed by atoms with Crippen molar-refractivity contribution in [2.45, 2.75) is 25.8 Å². The highest BCUT2D eigenvalue weighted by Crippen LogP contribution is 2.17. The number of benzene rings is 1. The highest BCUT2D eigenvalue weighted by atomic mass is 35.5. The number of halogens is 1. The molecule has 1 aromatic carbocycles. The molecule has 1 atom stereocenters. The molecule has 1 aromatic heterocycles. The lowest BCUT2D eigenvalue weighted by Gasteiger charge is -2.14. The summed E-state index contributed by atoms with van der Waals surface area (Å²) in [5, 5.41) is 7.35. The summed E-state index contributed by atoms with van der Waals surface area (Å²) in [5.41, 5.74) is 2.00. The fraction of sp³-hybridized carbons (Fsp3) is 0.294. The van der Waals surface area contributed by atoms with Crippen LogP contribution in [0.25, 0.3) is 0 Å². The second-order valence-corrected chi connectivity index (χ2v) is 6.35. The van der Waals surface area contributed by atoms with Crippen LogP contribution in [0.3, 0.4) is 0 Å². The van der Waals surface area contributed by atoms with Gasteiger partial charge >= 0.3 is 5.97 Å². The number of carbonyl (C=O) groups is 2. The van der Waals surface area contributed by atoms with Crippen molar-refractivity contribution in [3.05, 3.63) is 57.2 Å². The Kier molecular flexibility index (Phi) is 6.62. The van der Waals surface area contributed by atoms with Crippen LogP contribution in [0.2, 0.25) is 5.02 Å². The summed E-state index contributed by atoms with van der Waals surface area (Å²) in [5.74, 6) is -0.705. The first-order valence-electron chi connectivity index (χ1n) is 7.26. The summed E-state index contributed by atoms with van der Waals surface area (Å²) in [6.45, 7) is 1.58. The number of aryl methyl sites for hydroxylation is 1. The molecule has 2 aromatic rings. The molecule has 0 aliphatic heterocycles. The SMILES string of the molecule is C[C@@H](NC(=O)COC(=O)CCc1ccsc1)c1cccc(Cl)c1. The minimum atomic E-state index is -0.373. The Hall–Kier alpha value is -1.85. The lowest BCUT2D eigenvalue weighted by atomic mass is 10.1. The molecule has 4 nitrogen and oxygen atoms in total. The van der Waals surface area contributed by atoms with Crippen molar-refractivity contribution in [1.29, 1.82) is 0 Å². The summed E-state index contributed by atoms with van der Waals surface area (Å²) in [6, 6.07) is 9.03. The minimum absolute atomic E-state index is 0.203. The van der Waals surface area contributed by atoms with Gasteiger partial charge in [0.2, 0.25) is 0 Å². The molecule has 2 rings (SSSR count). The standard InChI is InChI=1S/C17H18ClNO3S/c1-12(14-3-2-4-15(18)9-14)19-16(20)10-22-17(21)6-5-13-7-8-23-11-13/h2-4,7-9,11-12H,5-6,10H2,1H3,(H,19,20)/t12-/m1/s1. The molecule has 1 heterocycles. The number of amides is 1. The predicted octanol–water partition coefficient (Wildman–Crippen LogP) is 3.75. The summed E-state index contributed by atoms with van der Waals surface area (Å²) in [7, 11) is 0. The average molecular weight is 352 g/mol. The second kappa shape index (κ2) is 8.70. The van der Waals surface area contributed by atoms with Gasteiger partial charge in [0.1, 0.15) is 0 Å². The number of hydrogen-bond donors (Lipinski definition) is 1. The number of rotatable bonds is 7. The van der Waals surface area contributed by atoms with Gasteiger partial charge in [0.25, 0.3) is 5.91 Å². The van der Waals surface area contributed by atoms with Crippen LogP contribution in [0, 0.1) is 0 Å². The molecule has 0 aliphatic rings. The Bertz CT molecular complexity index is 658. The smallest absolute Gasteiger partial charge is 0.306 e. The van der Waals surface area contributed by atoms with E-state index in [1.807, 2.05) is 35.9 Å². The largest absolute Gasteiger partial charge is 0.456 e. The van der Waals surface area contributed by atoms with Gasteiger partial charge in [-0.2, -0.15) is 11.3 Å². The molecule has 0 aliphatic carbocycles. The third-order valence-corrected chi connectivity index (χ3v) is 4.26. The maximum Gasteiger partial charge on any atom is 0.306 e. The van der Waals surface area contributed by atoms with E-state index in [1.54, 1.807) is 23.5 Å². The molecule has 23 heavy (non-hydrogen) atoms. The van der Waals surface area contributed by atoms with Gasteiger partial charge in [0, 0.05) is 11.4 Å². The Morgan fingerprint density at radius 2 is 2.17 bits per heavy atom. The summed E-state index contributed by atoms with van der Waals surface area (Å²) in [4.78, 5) is 23.5. The maximum atomic E-state index is 11.8. The van der Waals surface area contributed by atoms with Gasteiger partial charge in [-0.15, -0.1) is 0 Å². The van der Waals surface area contributed by atoms with Gasteiger partial charge in [0.05, 0.1) is 6.04 Å². The van der Waals surface area contributed by atoms with E-state index in [2.05, 4.69) is 5.32 Å². The van der Waals surface area contributed by atoms with Crippen LogP contribution in [0.5, 0.6) is 0 Å². The molecule has 0 saturated heterocycles. The molecule has 0 saturated carbocycles. The Labute approximate surface area is 144 Å². The molecule has 0 radical (unpaired) electrons. The van der Waals surface area contributed by atoms with Gasteiger partial charge in [0.15, 0.2) is 6.61 Å². The third kappa shape index (κ3) is 6.04. The van der Waals surface area contributed by atoms with E-state index < -0.39 is 0 Å². The maximum absolute atomic E-state index is 11.8. The van der Waals surface area contributed by atoms with Crippen molar-refractivity contribution in [1.82, 2.24) is 5.32 Å². The van der Waals surface area contributed by atoms with E-state index in [0.29, 0.717) is 11.4 Å². The van der Waals surface area contributed by atoms with Crippen molar-refractivity contribution in [2.24, 2.45) is 0 Å². The summed E-state index contributed by atoms with van der Waals surface area (Å²) >= 11 is 7.51. The van der Waals surface area contributed by atoms with Crippen molar-refractivity contribution in [3.63, 3.8) is 0 Å². The number of thiophene rings is 1. The van der Waals surface area contributed by atoms with Crippen molar-refractivity contribution in [3.8, 4) is 0 Å². The molecule has 1 N–H and O–H groups in total. The highest BCUT2D eigenvalue weighted by Gasteiger charge is 2.12. The van der Waals surface area contributed by atoms with Gasteiger partial charge in [-0.25, -0.2) is 0 Å². The normalized spacial score (nSPS) is 11.7. The van der Waals surface area contributed by atoms with Crippen LogP contribution in [0.4, 0.5) is 0 Å². The van der Waals surface area contributed by atoms with Gasteiger partial charge in [-0.05, 0) is 53.4 Å². The Morgan fingerprint density at radius 3 is 2.87 bits per heavy atom. The molecule has 122 valence electrons. The Morgan fingerprint density at radius 1 is 1.35 bits per heavy atom. The molecule has 6 heteroatoms. The number of esters is 1. The van der Waals surface area contributed by atoms with Gasteiger partial charge in [-0.1, -0.05) is 23.7 Å². The molecular weight excluding hydrogens is 334 g/mol. The first-order chi connectivity index (χ1) is 11.0. The molecular formula is C17H18ClNO3S. The fourth-order valence-electron chi connectivity index (χ4n) is 2.04. The zero-order chi connectivity index (χ0) is 16.7. The van der Waals surface area contributed by atoms with Crippen molar-refractivity contribution in [2.75, 3.05) is 6.61 Å². The quantitative estimate of drug-likeness (QED) is 0.773. The van der Waals surface area contributed by atoms with Crippen molar-refractivity contribution >= 4 is 34.8 Å². The molecule has 0 bridgehead atoms. The first kappa shape index (κ1) is 17.5. The number of nitrogens with one attached hydrogen (secondary N) is 1. The third-order valence-electron chi connectivity index (χ3n) is 3.29. The zero-order valence-corrected chi connectivity index (χ0v) is 14.3. The van der Waals surface area contributed by atoms with Crippen LogP contribution in [0.1, 0.15) is 30.5 Å². The Balaban J connectivity index is 1.71. The molecule has 0 spiro atoms. The lowest BCUT2D eigenvalue weighted by Crippen LogP contribution is -2.31. The molecule has 0 unspecified atom stereocenters. The van der Waals surface area contributed by atoms with Crippen LogP contribution in [0.15, 0.2) is 41.1 Å². The van der Waals surface area contributed by atoms with E-state index in [4.69, 9.17) is 16.3 Å². The topological polar surface area (TPSA) is 55.4 Å². The lowest BCUT2D eigenvalue weighted by molar-refractivity contribution is -0.148. The average Bonchev–Trinajstić information content (AvgIpc) is 3.04. The van der Waals surface area contributed by atoms with E-state index in [-0.39, 0.29) is 30.9 Å². The van der Waals surface area contributed by atoms with Gasteiger partial charge in [-0.3, -0.25) is 9.59 Å². The van der Waals surface area contributed by atoms with E-state index in [9.17, 15) is 9.59 Å².